The molecule has 18 heavy (non-hydrogen) atoms. The molecule has 1 aromatic rings. The van der Waals surface area contributed by atoms with Crippen LogP contribution in [0.25, 0.3) is 0 Å². The summed E-state index contributed by atoms with van der Waals surface area (Å²) in [6.45, 7) is 2.23. The largest absolute Gasteiger partial charge is 0.333 e. The van der Waals surface area contributed by atoms with E-state index >= 15 is 0 Å². The van der Waals surface area contributed by atoms with Crippen LogP contribution in [-0.2, 0) is 0 Å². The third kappa shape index (κ3) is 2.42. The van der Waals surface area contributed by atoms with Crippen molar-refractivity contribution in [3.05, 3.63) is 33.4 Å². The minimum absolute atomic E-state index is 0.238. The number of carbonyl (C=O) groups is 1. The lowest BCUT2D eigenvalue weighted by molar-refractivity contribution is 0.0653. The van der Waals surface area contributed by atoms with Gasteiger partial charge in [0.15, 0.2) is 0 Å². The van der Waals surface area contributed by atoms with E-state index in [4.69, 9.17) is 0 Å². The first kappa shape index (κ1) is 12.5. The number of rotatable bonds is 4. The van der Waals surface area contributed by atoms with Crippen LogP contribution in [0.3, 0.4) is 0 Å². The molecule has 3 rings (SSSR count). The third-order valence-corrected chi connectivity index (χ3v) is 4.96. The third-order valence-electron chi connectivity index (χ3n) is 4.02. The van der Waals surface area contributed by atoms with E-state index in [0.29, 0.717) is 12.1 Å². The zero-order valence-electron chi connectivity index (χ0n) is 10.6. The summed E-state index contributed by atoms with van der Waals surface area (Å²) >= 11 is 2.26. The van der Waals surface area contributed by atoms with Crippen LogP contribution >= 0.6 is 22.6 Å². The summed E-state index contributed by atoms with van der Waals surface area (Å²) in [5.74, 6) is 0.984. The summed E-state index contributed by atoms with van der Waals surface area (Å²) in [6, 6.07) is 8.84. The molecular formula is C15H18INO. The summed E-state index contributed by atoms with van der Waals surface area (Å²) in [4.78, 5) is 14.9. The molecule has 0 saturated heterocycles. The summed E-state index contributed by atoms with van der Waals surface area (Å²) in [7, 11) is 0. The summed E-state index contributed by atoms with van der Waals surface area (Å²) in [5.41, 5.74) is 0.873. The van der Waals surface area contributed by atoms with Crippen LogP contribution in [0.15, 0.2) is 24.3 Å². The molecule has 1 atom stereocenters. The number of amides is 1. The summed E-state index contributed by atoms with van der Waals surface area (Å²) < 4.78 is 1.06. The molecule has 1 unspecified atom stereocenters. The molecule has 0 spiro atoms. The van der Waals surface area contributed by atoms with E-state index in [2.05, 4.69) is 34.4 Å². The average molecular weight is 355 g/mol. The molecule has 2 saturated carbocycles. The van der Waals surface area contributed by atoms with Crippen LogP contribution in [0.2, 0.25) is 0 Å². The van der Waals surface area contributed by atoms with Gasteiger partial charge in [0.2, 0.25) is 0 Å². The Hall–Kier alpha value is -0.580. The number of nitrogens with zero attached hydrogens (tertiary/aromatic N) is 1. The Morgan fingerprint density at radius 2 is 1.94 bits per heavy atom. The SMILES string of the molecule is CC(C1CC1)N(C(=O)c1ccccc1I)C1CC1. The summed E-state index contributed by atoms with van der Waals surface area (Å²) in [5, 5.41) is 0. The molecule has 3 heteroatoms. The summed E-state index contributed by atoms with van der Waals surface area (Å²) in [6.07, 6.45) is 4.96. The Morgan fingerprint density at radius 1 is 1.28 bits per heavy atom. The zero-order chi connectivity index (χ0) is 12.7. The maximum atomic E-state index is 12.7. The average Bonchev–Trinajstić information content (AvgIpc) is 3.22. The van der Waals surface area contributed by atoms with E-state index in [-0.39, 0.29) is 5.91 Å². The second kappa shape index (κ2) is 4.83. The molecule has 2 nitrogen and oxygen atoms in total. The van der Waals surface area contributed by atoms with Crippen molar-refractivity contribution in [3.8, 4) is 0 Å². The number of halogens is 1. The van der Waals surface area contributed by atoms with Gasteiger partial charge in [-0.15, -0.1) is 0 Å². The second-order valence-corrected chi connectivity index (χ2v) is 6.66. The molecule has 2 aliphatic carbocycles. The van der Waals surface area contributed by atoms with Crippen LogP contribution in [0, 0.1) is 9.49 Å². The van der Waals surface area contributed by atoms with Crippen LogP contribution in [-0.4, -0.2) is 22.9 Å². The van der Waals surface area contributed by atoms with Gasteiger partial charge in [-0.3, -0.25) is 4.79 Å². The fourth-order valence-corrected chi connectivity index (χ4v) is 3.23. The number of hydrogen-bond acceptors (Lipinski definition) is 1. The van der Waals surface area contributed by atoms with Gasteiger partial charge in [0.1, 0.15) is 0 Å². The quantitative estimate of drug-likeness (QED) is 0.755. The second-order valence-electron chi connectivity index (χ2n) is 5.50. The molecule has 96 valence electrons. The lowest BCUT2D eigenvalue weighted by Gasteiger charge is -2.30. The molecule has 1 aromatic carbocycles. The Kier molecular flexibility index (Phi) is 3.34. The van der Waals surface area contributed by atoms with Crippen molar-refractivity contribution in [1.82, 2.24) is 4.90 Å². The molecule has 0 bridgehead atoms. The monoisotopic (exact) mass is 355 g/mol. The van der Waals surface area contributed by atoms with Gasteiger partial charge >= 0.3 is 0 Å². The highest BCUT2D eigenvalue weighted by atomic mass is 127. The Balaban J connectivity index is 1.86. The standard InChI is InChI=1S/C15H18INO/c1-10(11-6-7-11)17(12-8-9-12)15(18)13-4-2-3-5-14(13)16/h2-5,10-12H,6-9H2,1H3. The van der Waals surface area contributed by atoms with Crippen molar-refractivity contribution >= 4 is 28.5 Å². The maximum absolute atomic E-state index is 12.7. The highest BCUT2D eigenvalue weighted by molar-refractivity contribution is 14.1. The predicted molar refractivity (Wildman–Crippen MR) is 80.5 cm³/mol. The van der Waals surface area contributed by atoms with E-state index in [1.165, 1.54) is 25.7 Å². The van der Waals surface area contributed by atoms with Gasteiger partial charge in [0, 0.05) is 15.7 Å². The molecule has 0 N–H and O–H groups in total. The number of hydrogen-bond donors (Lipinski definition) is 0. The minimum Gasteiger partial charge on any atom is -0.333 e. The molecule has 2 aliphatic rings. The van der Waals surface area contributed by atoms with Crippen LogP contribution in [0.5, 0.6) is 0 Å². The van der Waals surface area contributed by atoms with Crippen molar-refractivity contribution in [2.24, 2.45) is 5.92 Å². The first-order valence-corrected chi connectivity index (χ1v) is 7.83. The zero-order valence-corrected chi connectivity index (χ0v) is 12.8. The number of benzene rings is 1. The maximum Gasteiger partial charge on any atom is 0.255 e. The highest BCUT2D eigenvalue weighted by Gasteiger charge is 2.42. The number of carbonyl (C=O) groups excluding carboxylic acids is 1. The van der Waals surface area contributed by atoms with Gasteiger partial charge in [-0.2, -0.15) is 0 Å². The van der Waals surface area contributed by atoms with Crippen molar-refractivity contribution in [3.63, 3.8) is 0 Å². The normalized spacial score (nSPS) is 20.6. The van der Waals surface area contributed by atoms with Crippen molar-refractivity contribution in [2.75, 3.05) is 0 Å². The molecular weight excluding hydrogens is 337 g/mol. The molecule has 2 fully saturated rings. The first-order chi connectivity index (χ1) is 8.68. The van der Waals surface area contributed by atoms with Gasteiger partial charge in [0.05, 0.1) is 5.56 Å². The van der Waals surface area contributed by atoms with Crippen LogP contribution in [0.4, 0.5) is 0 Å². The molecule has 0 heterocycles. The molecule has 0 aromatic heterocycles. The van der Waals surface area contributed by atoms with E-state index in [9.17, 15) is 4.79 Å². The van der Waals surface area contributed by atoms with Crippen LogP contribution in [0.1, 0.15) is 43.0 Å². The smallest absolute Gasteiger partial charge is 0.255 e. The lowest BCUT2D eigenvalue weighted by atomic mass is 10.1. The van der Waals surface area contributed by atoms with E-state index < -0.39 is 0 Å². The minimum atomic E-state index is 0.238. The van der Waals surface area contributed by atoms with E-state index in [1.807, 2.05) is 24.3 Å². The predicted octanol–water partition coefficient (Wildman–Crippen LogP) is 3.69. The first-order valence-electron chi connectivity index (χ1n) is 6.75. The lowest BCUT2D eigenvalue weighted by Crippen LogP contribution is -2.41. The van der Waals surface area contributed by atoms with Crippen molar-refractivity contribution in [2.45, 2.75) is 44.7 Å². The molecule has 1 amide bonds. The molecule has 0 aliphatic heterocycles. The van der Waals surface area contributed by atoms with Gasteiger partial charge < -0.3 is 4.90 Å². The van der Waals surface area contributed by atoms with Gasteiger partial charge in [-0.25, -0.2) is 0 Å². The Morgan fingerprint density at radius 3 is 2.50 bits per heavy atom. The molecule has 0 radical (unpaired) electrons. The van der Waals surface area contributed by atoms with Gasteiger partial charge in [-0.1, -0.05) is 12.1 Å². The Bertz CT molecular complexity index is 465. The van der Waals surface area contributed by atoms with E-state index in [0.717, 1.165) is 15.1 Å². The van der Waals surface area contributed by atoms with Gasteiger partial charge in [0.25, 0.3) is 5.91 Å². The van der Waals surface area contributed by atoms with Crippen LogP contribution < -0.4 is 0 Å². The van der Waals surface area contributed by atoms with Crippen molar-refractivity contribution in [1.29, 1.82) is 0 Å². The topological polar surface area (TPSA) is 20.3 Å². The fraction of sp³-hybridized carbons (Fsp3) is 0.533. The van der Waals surface area contributed by atoms with Crippen molar-refractivity contribution < 1.29 is 4.79 Å². The van der Waals surface area contributed by atoms with E-state index in [1.54, 1.807) is 0 Å². The highest BCUT2D eigenvalue weighted by Crippen LogP contribution is 2.40. The fourth-order valence-electron chi connectivity index (χ4n) is 2.62. The van der Waals surface area contributed by atoms with Gasteiger partial charge in [-0.05, 0) is 73.2 Å². The Labute approximate surface area is 122 Å².